The maximum Gasteiger partial charge on any atom is 0.298 e. The highest BCUT2D eigenvalue weighted by molar-refractivity contribution is 5.92. The van der Waals surface area contributed by atoms with Crippen LogP contribution in [0, 0.1) is 5.92 Å². The van der Waals surface area contributed by atoms with Gasteiger partial charge in [-0.05, 0) is 42.5 Å². The number of ether oxygens (including phenoxy) is 3. The van der Waals surface area contributed by atoms with Gasteiger partial charge in [-0.2, -0.15) is 4.98 Å². The molecule has 0 radical (unpaired) electrons. The van der Waals surface area contributed by atoms with E-state index in [4.69, 9.17) is 19.2 Å². The third kappa shape index (κ3) is 3.26. The largest absolute Gasteiger partial charge is 0.496 e. The molecule has 8 heteroatoms. The molecule has 1 aromatic carbocycles. The molecule has 2 aromatic heterocycles. The number of imidazole rings is 1. The van der Waals surface area contributed by atoms with Gasteiger partial charge in [0.05, 0.1) is 26.9 Å². The van der Waals surface area contributed by atoms with Crippen molar-refractivity contribution in [2.45, 2.75) is 45.1 Å². The monoisotopic (exact) mass is 397 g/mol. The molecule has 0 bridgehead atoms. The first-order valence-electron chi connectivity index (χ1n) is 10.1. The van der Waals surface area contributed by atoms with Crippen molar-refractivity contribution in [3.05, 3.63) is 18.2 Å². The lowest BCUT2D eigenvalue weighted by molar-refractivity contribution is 0.186. The average molecular weight is 397 g/mol. The van der Waals surface area contributed by atoms with Gasteiger partial charge < -0.3 is 14.2 Å². The molecule has 8 nitrogen and oxygen atoms in total. The summed E-state index contributed by atoms with van der Waals surface area (Å²) < 4.78 is 18.9. The van der Waals surface area contributed by atoms with Crippen LogP contribution in [0.25, 0.3) is 22.4 Å². The number of benzene rings is 1. The van der Waals surface area contributed by atoms with E-state index in [0.717, 1.165) is 12.8 Å². The topological polar surface area (TPSA) is 84.2 Å². The van der Waals surface area contributed by atoms with Crippen LogP contribution in [-0.2, 0) is 0 Å². The van der Waals surface area contributed by atoms with Crippen molar-refractivity contribution < 1.29 is 14.2 Å². The van der Waals surface area contributed by atoms with Gasteiger partial charge in [-0.15, -0.1) is 10.2 Å². The second-order valence-electron chi connectivity index (χ2n) is 7.36. The minimum absolute atomic E-state index is 0.290. The maximum atomic E-state index is 5.67. The summed E-state index contributed by atoms with van der Waals surface area (Å²) in [6.45, 7) is 2.20. The molecule has 1 unspecified atom stereocenters. The van der Waals surface area contributed by atoms with Crippen LogP contribution >= 0.6 is 0 Å². The summed E-state index contributed by atoms with van der Waals surface area (Å²) in [6.07, 6.45) is 5.84. The van der Waals surface area contributed by atoms with Crippen LogP contribution in [0.5, 0.6) is 17.5 Å². The van der Waals surface area contributed by atoms with Crippen molar-refractivity contribution in [3.8, 4) is 28.8 Å². The van der Waals surface area contributed by atoms with Crippen LogP contribution in [0.3, 0.4) is 0 Å². The first kappa shape index (κ1) is 19.4. The van der Waals surface area contributed by atoms with Gasteiger partial charge in [0.1, 0.15) is 22.7 Å². The van der Waals surface area contributed by atoms with E-state index in [9.17, 15) is 0 Å². The predicted molar refractivity (Wildman–Crippen MR) is 109 cm³/mol. The number of nitrogens with zero attached hydrogens (tertiary/aromatic N) is 5. The fraction of sp³-hybridized carbons (Fsp3) is 0.524. The number of aromatic nitrogens is 5. The SMILES string of the molecule is CCCC(C1CCC1)n1c(OC)nc2c(-c3c(OC)cccc3OC)nnnc21. The molecule has 1 aliphatic carbocycles. The molecule has 29 heavy (non-hydrogen) atoms. The van der Waals surface area contributed by atoms with Crippen molar-refractivity contribution in [2.75, 3.05) is 21.3 Å². The molecule has 4 rings (SSSR count). The van der Waals surface area contributed by atoms with E-state index in [0.29, 0.717) is 45.8 Å². The Morgan fingerprint density at radius 3 is 2.34 bits per heavy atom. The van der Waals surface area contributed by atoms with Crippen LogP contribution in [0.15, 0.2) is 18.2 Å². The number of rotatable bonds is 8. The highest BCUT2D eigenvalue weighted by Gasteiger charge is 2.33. The van der Waals surface area contributed by atoms with E-state index < -0.39 is 0 Å². The average Bonchev–Trinajstić information content (AvgIpc) is 3.10. The molecule has 0 aliphatic heterocycles. The van der Waals surface area contributed by atoms with Crippen LogP contribution in [0.1, 0.15) is 45.1 Å². The van der Waals surface area contributed by atoms with Gasteiger partial charge >= 0.3 is 0 Å². The lowest BCUT2D eigenvalue weighted by Crippen LogP contribution is -2.26. The Hall–Kier alpha value is -2.90. The Morgan fingerprint density at radius 1 is 1.07 bits per heavy atom. The summed E-state index contributed by atoms with van der Waals surface area (Å²) in [5.74, 6) is 1.90. The van der Waals surface area contributed by atoms with Gasteiger partial charge in [-0.3, -0.25) is 4.57 Å². The van der Waals surface area contributed by atoms with Crippen molar-refractivity contribution in [3.63, 3.8) is 0 Å². The van der Waals surface area contributed by atoms with E-state index in [1.807, 2.05) is 18.2 Å². The molecular formula is C21H27N5O3. The van der Waals surface area contributed by atoms with Gasteiger partial charge in [-0.1, -0.05) is 25.8 Å². The molecule has 1 atom stereocenters. The lowest BCUT2D eigenvalue weighted by Gasteiger charge is -2.35. The highest BCUT2D eigenvalue weighted by atomic mass is 16.5. The van der Waals surface area contributed by atoms with Crippen LogP contribution in [0.4, 0.5) is 0 Å². The third-order valence-electron chi connectivity index (χ3n) is 5.82. The van der Waals surface area contributed by atoms with Crippen molar-refractivity contribution in [2.24, 2.45) is 5.92 Å². The first-order valence-corrected chi connectivity index (χ1v) is 10.1. The van der Waals surface area contributed by atoms with E-state index in [-0.39, 0.29) is 6.04 Å². The Labute approximate surface area is 170 Å². The quantitative estimate of drug-likeness (QED) is 0.567. The Kier molecular flexibility index (Phi) is 5.51. The van der Waals surface area contributed by atoms with E-state index in [2.05, 4.69) is 26.9 Å². The molecule has 0 N–H and O–H groups in total. The predicted octanol–water partition coefficient (Wildman–Crippen LogP) is 4.06. The first-order chi connectivity index (χ1) is 14.2. The van der Waals surface area contributed by atoms with E-state index in [1.165, 1.54) is 19.3 Å². The molecule has 0 amide bonds. The summed E-state index contributed by atoms with van der Waals surface area (Å²) >= 11 is 0. The van der Waals surface area contributed by atoms with Crippen LogP contribution in [-0.4, -0.2) is 46.3 Å². The molecule has 3 aromatic rings. The molecule has 1 saturated carbocycles. The zero-order valence-corrected chi connectivity index (χ0v) is 17.4. The van der Waals surface area contributed by atoms with Crippen molar-refractivity contribution in [1.29, 1.82) is 0 Å². The number of fused-ring (bicyclic) bond motifs is 1. The van der Waals surface area contributed by atoms with E-state index in [1.54, 1.807) is 21.3 Å². The Morgan fingerprint density at radius 2 is 1.79 bits per heavy atom. The minimum atomic E-state index is 0.290. The van der Waals surface area contributed by atoms with Gasteiger partial charge in [0.2, 0.25) is 0 Å². The van der Waals surface area contributed by atoms with Crippen LogP contribution in [0.2, 0.25) is 0 Å². The molecule has 0 spiro atoms. The Balaban J connectivity index is 1.95. The van der Waals surface area contributed by atoms with Gasteiger partial charge in [0.15, 0.2) is 5.65 Å². The van der Waals surface area contributed by atoms with Gasteiger partial charge in [0, 0.05) is 6.04 Å². The molecule has 2 heterocycles. The minimum Gasteiger partial charge on any atom is -0.496 e. The Bertz CT molecular complexity index is 977. The second kappa shape index (κ2) is 8.23. The number of hydrogen-bond donors (Lipinski definition) is 0. The fourth-order valence-electron chi connectivity index (χ4n) is 4.21. The smallest absolute Gasteiger partial charge is 0.298 e. The third-order valence-corrected chi connectivity index (χ3v) is 5.82. The fourth-order valence-corrected chi connectivity index (χ4v) is 4.21. The van der Waals surface area contributed by atoms with E-state index >= 15 is 0 Å². The summed E-state index contributed by atoms with van der Waals surface area (Å²) in [6, 6.07) is 6.45. The zero-order valence-electron chi connectivity index (χ0n) is 17.4. The van der Waals surface area contributed by atoms with Crippen molar-refractivity contribution in [1.82, 2.24) is 25.0 Å². The summed E-state index contributed by atoms with van der Waals surface area (Å²) in [5.41, 5.74) is 2.61. The molecule has 1 fully saturated rings. The molecule has 1 aliphatic rings. The summed E-state index contributed by atoms with van der Waals surface area (Å²) in [5, 5.41) is 12.8. The van der Waals surface area contributed by atoms with Gasteiger partial charge in [0.25, 0.3) is 6.01 Å². The van der Waals surface area contributed by atoms with Crippen molar-refractivity contribution >= 4 is 11.2 Å². The van der Waals surface area contributed by atoms with Crippen LogP contribution < -0.4 is 14.2 Å². The van der Waals surface area contributed by atoms with Gasteiger partial charge in [-0.25, -0.2) is 0 Å². The molecule has 0 saturated heterocycles. The molecular weight excluding hydrogens is 370 g/mol. The zero-order chi connectivity index (χ0) is 20.4. The lowest BCUT2D eigenvalue weighted by atomic mass is 9.78. The summed E-state index contributed by atoms with van der Waals surface area (Å²) in [7, 11) is 4.89. The normalized spacial score (nSPS) is 15.2. The number of hydrogen-bond acceptors (Lipinski definition) is 7. The maximum absolute atomic E-state index is 5.67. The highest BCUT2D eigenvalue weighted by Crippen LogP contribution is 2.44. The molecule has 154 valence electrons. The standard InChI is InChI=1S/C21H27N5O3/c1-5-8-14(13-9-6-10-13)26-20-19(22-21(26)29-4)18(23-25-24-20)17-15(27-2)11-7-12-16(17)28-3/h7,11-14H,5-6,8-10H2,1-4H3. The number of methoxy groups -OCH3 is 3. The summed E-state index contributed by atoms with van der Waals surface area (Å²) in [4.78, 5) is 4.77. The second-order valence-corrected chi connectivity index (χ2v) is 7.36.